The van der Waals surface area contributed by atoms with Crippen LogP contribution in [0, 0.1) is 11.8 Å². The summed E-state index contributed by atoms with van der Waals surface area (Å²) in [5.74, 6) is 1.68. The van der Waals surface area contributed by atoms with E-state index in [-0.39, 0.29) is 18.4 Å². The number of pyridine rings is 1. The summed E-state index contributed by atoms with van der Waals surface area (Å²) in [7, 11) is 0. The van der Waals surface area contributed by atoms with Crippen LogP contribution in [0.15, 0.2) is 54.9 Å². The van der Waals surface area contributed by atoms with E-state index in [9.17, 15) is 9.59 Å². The predicted molar refractivity (Wildman–Crippen MR) is 109 cm³/mol. The fourth-order valence-corrected chi connectivity index (χ4v) is 4.34. The van der Waals surface area contributed by atoms with Crippen LogP contribution < -0.4 is 4.74 Å². The van der Waals surface area contributed by atoms with Crippen LogP contribution in [0.5, 0.6) is 5.75 Å². The number of carbonyl (C=O) groups excluding carboxylic acids is 2. The quantitative estimate of drug-likeness (QED) is 0.784. The average molecular weight is 393 g/mol. The number of ether oxygens (including phenoxy) is 1. The summed E-state index contributed by atoms with van der Waals surface area (Å²) < 4.78 is 5.62. The van der Waals surface area contributed by atoms with Crippen LogP contribution in [0.2, 0.25) is 0 Å². The van der Waals surface area contributed by atoms with Crippen molar-refractivity contribution in [1.29, 1.82) is 0 Å². The van der Waals surface area contributed by atoms with E-state index in [0.29, 0.717) is 37.1 Å². The third kappa shape index (κ3) is 4.94. The van der Waals surface area contributed by atoms with Gasteiger partial charge in [-0.3, -0.25) is 14.6 Å². The molecule has 3 heterocycles. The highest BCUT2D eigenvalue weighted by atomic mass is 16.5. The van der Waals surface area contributed by atoms with E-state index in [0.717, 1.165) is 31.5 Å². The summed E-state index contributed by atoms with van der Waals surface area (Å²) in [6.45, 7) is 2.83. The molecule has 0 N–H and O–H groups in total. The zero-order chi connectivity index (χ0) is 20.1. The van der Waals surface area contributed by atoms with Gasteiger partial charge in [0.2, 0.25) is 5.91 Å². The molecule has 29 heavy (non-hydrogen) atoms. The summed E-state index contributed by atoms with van der Waals surface area (Å²) in [6, 6.07) is 13.3. The Morgan fingerprint density at radius 3 is 2.69 bits per heavy atom. The van der Waals surface area contributed by atoms with Gasteiger partial charge in [-0.25, -0.2) is 0 Å². The van der Waals surface area contributed by atoms with E-state index >= 15 is 0 Å². The highest BCUT2D eigenvalue weighted by Crippen LogP contribution is 2.33. The fourth-order valence-electron chi connectivity index (χ4n) is 4.34. The first-order chi connectivity index (χ1) is 14.2. The van der Waals surface area contributed by atoms with Crippen molar-refractivity contribution in [2.75, 3.05) is 26.2 Å². The first kappa shape index (κ1) is 19.4. The van der Waals surface area contributed by atoms with Gasteiger partial charge in [-0.1, -0.05) is 24.3 Å². The predicted octanol–water partition coefficient (Wildman–Crippen LogP) is 2.75. The lowest BCUT2D eigenvalue weighted by atomic mass is 9.82. The van der Waals surface area contributed by atoms with Gasteiger partial charge in [0.15, 0.2) is 6.61 Å². The second-order valence-corrected chi connectivity index (χ2v) is 7.92. The maximum absolute atomic E-state index is 12.8. The van der Waals surface area contributed by atoms with E-state index in [1.165, 1.54) is 0 Å². The van der Waals surface area contributed by atoms with Crippen molar-refractivity contribution >= 4 is 11.8 Å². The van der Waals surface area contributed by atoms with Crippen molar-refractivity contribution in [3.05, 3.63) is 60.4 Å². The van der Waals surface area contributed by atoms with Gasteiger partial charge in [0.25, 0.3) is 5.91 Å². The number of amides is 2. The van der Waals surface area contributed by atoms with Crippen LogP contribution >= 0.6 is 0 Å². The summed E-state index contributed by atoms with van der Waals surface area (Å²) in [5.41, 5.74) is 1.06. The molecule has 2 atom stereocenters. The van der Waals surface area contributed by atoms with Gasteiger partial charge in [-0.05, 0) is 48.4 Å². The normalized spacial score (nSPS) is 22.0. The monoisotopic (exact) mass is 393 g/mol. The maximum atomic E-state index is 12.8. The van der Waals surface area contributed by atoms with Gasteiger partial charge in [0, 0.05) is 45.0 Å². The number of para-hydroxylation sites is 1. The molecule has 152 valence electrons. The molecule has 6 nitrogen and oxygen atoms in total. The second-order valence-electron chi connectivity index (χ2n) is 7.92. The van der Waals surface area contributed by atoms with E-state index in [2.05, 4.69) is 4.98 Å². The van der Waals surface area contributed by atoms with Crippen LogP contribution in [-0.4, -0.2) is 52.8 Å². The minimum Gasteiger partial charge on any atom is -0.484 e. The van der Waals surface area contributed by atoms with Gasteiger partial charge in [-0.15, -0.1) is 0 Å². The van der Waals surface area contributed by atoms with Gasteiger partial charge in [-0.2, -0.15) is 0 Å². The Balaban J connectivity index is 1.32. The number of hydrogen-bond acceptors (Lipinski definition) is 4. The third-order valence-corrected chi connectivity index (χ3v) is 6.01. The smallest absolute Gasteiger partial charge is 0.260 e. The molecule has 0 bridgehead atoms. The molecule has 2 aliphatic rings. The van der Waals surface area contributed by atoms with Crippen LogP contribution in [0.3, 0.4) is 0 Å². The lowest BCUT2D eigenvalue weighted by Crippen LogP contribution is -2.45. The number of aromatic nitrogens is 1. The Kier molecular flexibility index (Phi) is 6.08. The first-order valence-electron chi connectivity index (χ1n) is 10.3. The van der Waals surface area contributed by atoms with Crippen LogP contribution in [0.1, 0.15) is 24.8 Å². The third-order valence-electron chi connectivity index (χ3n) is 6.01. The van der Waals surface area contributed by atoms with Crippen molar-refractivity contribution < 1.29 is 14.3 Å². The molecule has 2 saturated heterocycles. The van der Waals surface area contributed by atoms with E-state index in [4.69, 9.17) is 4.74 Å². The van der Waals surface area contributed by atoms with Crippen LogP contribution in [-0.2, 0) is 16.1 Å². The number of likely N-dealkylation sites (tertiary alicyclic amines) is 2. The molecule has 2 amide bonds. The number of carbonyl (C=O) groups is 2. The number of piperidine rings is 1. The number of benzene rings is 1. The van der Waals surface area contributed by atoms with E-state index in [1.807, 2.05) is 58.5 Å². The highest BCUT2D eigenvalue weighted by molar-refractivity contribution is 5.78. The number of rotatable bonds is 5. The summed E-state index contributed by atoms with van der Waals surface area (Å²) >= 11 is 0. The Hall–Kier alpha value is -2.89. The van der Waals surface area contributed by atoms with Crippen molar-refractivity contribution in [2.24, 2.45) is 11.8 Å². The minimum atomic E-state index is 0.0232. The lowest BCUT2D eigenvalue weighted by Gasteiger charge is -2.37. The zero-order valence-corrected chi connectivity index (χ0v) is 16.6. The van der Waals surface area contributed by atoms with Gasteiger partial charge >= 0.3 is 0 Å². The second kappa shape index (κ2) is 9.07. The molecule has 0 radical (unpaired) electrons. The molecule has 2 aromatic rings. The SMILES string of the molecule is O=C1C[C@@H]2CCN(C(=O)COc3ccccc3)C[C@@H]2CCN1Cc1cccnc1. The topological polar surface area (TPSA) is 62.7 Å². The molecular weight excluding hydrogens is 366 g/mol. The Morgan fingerprint density at radius 2 is 1.90 bits per heavy atom. The van der Waals surface area contributed by atoms with Crippen molar-refractivity contribution in [2.45, 2.75) is 25.8 Å². The molecule has 0 aliphatic carbocycles. The van der Waals surface area contributed by atoms with Crippen molar-refractivity contribution in [1.82, 2.24) is 14.8 Å². The first-order valence-corrected chi connectivity index (χ1v) is 10.3. The maximum Gasteiger partial charge on any atom is 0.260 e. The summed E-state index contributed by atoms with van der Waals surface area (Å²) in [5, 5.41) is 0. The Bertz CT molecular complexity index is 828. The van der Waals surface area contributed by atoms with E-state index in [1.54, 1.807) is 6.20 Å². The number of nitrogens with zero attached hydrogens (tertiary/aromatic N) is 3. The molecule has 0 saturated carbocycles. The molecule has 1 aromatic carbocycles. The van der Waals surface area contributed by atoms with Gasteiger partial charge in [0.1, 0.15) is 5.75 Å². The molecule has 0 spiro atoms. The number of hydrogen-bond donors (Lipinski definition) is 0. The summed E-state index contributed by atoms with van der Waals surface area (Å²) in [4.78, 5) is 33.4. The lowest BCUT2D eigenvalue weighted by molar-refractivity contribution is -0.136. The molecule has 0 unspecified atom stereocenters. The minimum absolute atomic E-state index is 0.0232. The molecular formula is C23H27N3O3. The molecule has 6 heteroatoms. The van der Waals surface area contributed by atoms with E-state index < -0.39 is 0 Å². The zero-order valence-electron chi connectivity index (χ0n) is 16.6. The van der Waals surface area contributed by atoms with Crippen molar-refractivity contribution in [3.63, 3.8) is 0 Å². The Labute approximate surface area is 171 Å². The molecule has 2 fully saturated rings. The standard InChI is InChI=1S/C23H27N3O3/c27-22-13-19-8-11-26(23(28)17-29-21-6-2-1-3-7-21)16-20(19)9-12-25(22)15-18-5-4-10-24-14-18/h1-7,10,14,19-20H,8-9,11-13,15-17H2/t19-,20-/m0/s1. The fraction of sp³-hybridized carbons (Fsp3) is 0.435. The van der Waals surface area contributed by atoms with Gasteiger partial charge in [0.05, 0.1) is 0 Å². The molecule has 1 aromatic heterocycles. The molecule has 2 aliphatic heterocycles. The van der Waals surface area contributed by atoms with Gasteiger partial charge < -0.3 is 14.5 Å². The van der Waals surface area contributed by atoms with Crippen molar-refractivity contribution in [3.8, 4) is 5.75 Å². The van der Waals surface area contributed by atoms with Crippen LogP contribution in [0.4, 0.5) is 0 Å². The van der Waals surface area contributed by atoms with Crippen LogP contribution in [0.25, 0.3) is 0 Å². The summed E-state index contributed by atoms with van der Waals surface area (Å²) in [6.07, 6.45) is 5.95. The molecule has 4 rings (SSSR count). The largest absolute Gasteiger partial charge is 0.484 e. The highest BCUT2D eigenvalue weighted by Gasteiger charge is 2.36. The Morgan fingerprint density at radius 1 is 1.07 bits per heavy atom. The average Bonchev–Trinajstić information content (AvgIpc) is 2.91. The number of fused-ring (bicyclic) bond motifs is 1.